The molecule has 0 fully saturated rings. The normalized spacial score (nSPS) is 15.0. The van der Waals surface area contributed by atoms with Crippen LogP contribution < -0.4 is 15.0 Å². The minimum atomic E-state index is -2.64. The predicted molar refractivity (Wildman–Crippen MR) is 276 cm³/mol. The summed E-state index contributed by atoms with van der Waals surface area (Å²) in [5.74, 6) is 0.399. The molecule has 8 heteroatoms. The van der Waals surface area contributed by atoms with Crippen LogP contribution in [0.1, 0.15) is 51.2 Å². The second kappa shape index (κ2) is 16.4. The van der Waals surface area contributed by atoms with Crippen molar-refractivity contribution in [3.05, 3.63) is 221 Å². The fourth-order valence-electron chi connectivity index (χ4n) is 9.56. The number of nitrogens with zero attached hydrogens (tertiary/aromatic N) is 5. The van der Waals surface area contributed by atoms with Crippen LogP contribution in [0, 0.1) is 29.6 Å². The summed E-state index contributed by atoms with van der Waals surface area (Å²) in [6.07, 6.45) is 0. The van der Waals surface area contributed by atoms with Crippen LogP contribution in [0.3, 0.4) is 0 Å². The van der Waals surface area contributed by atoms with Crippen molar-refractivity contribution in [1.29, 1.82) is 0 Å². The standard InChI is InChI=1S/C60H46BN5O.Pt/c1-40-36-49(42-18-8-6-9-19-42)58(50(37-40)43-31-33-44(34-32-43)60(3,4)5)64-39-63(52-25-14-15-26-53(52)64)46-35-30-41(2)55(38-46)67-57-29-17-28-56(62-57)65-54-27-16-23-48-47-22-12-13-24-51(47)66(59(48)54)61(65)45-20-10-7-11-21-45;/h6-26,28-37H,1-5H3;/q-2;/i1D3,2D3,12D,13D,22D,24D;. The van der Waals surface area contributed by atoms with Gasteiger partial charge in [0, 0.05) is 5.52 Å². The summed E-state index contributed by atoms with van der Waals surface area (Å²) in [6, 6.07) is 56.8. The molecule has 1 aliphatic heterocycles. The summed E-state index contributed by atoms with van der Waals surface area (Å²) >= 11 is 2.27. The van der Waals surface area contributed by atoms with E-state index < -0.39 is 20.7 Å². The van der Waals surface area contributed by atoms with Gasteiger partial charge in [0.15, 0.2) is 0 Å². The SMILES string of the molecule is [2H]c1c([2H])c([2H])c2c(c1[2H])c1cc[c-]c3c1n2B(c1ccccc1)N3c1cccc(Oc2[c-]c(-n3[c](=[Pt])n(-c4c(-c5ccccc5)cc(C([2H])([2H])[2H])cc4-c4ccc(C(C)(C)C)cc4)c4ccccc43)ccc2C([2H])([2H])[2H])n1. The van der Waals surface area contributed by atoms with Gasteiger partial charge in [-0.3, -0.25) is 0 Å². The topological polar surface area (TPSA) is 40.1 Å². The first-order valence-corrected chi connectivity index (χ1v) is 23.4. The monoisotopic (exact) mass is 1070 g/mol. The van der Waals surface area contributed by atoms with Crippen molar-refractivity contribution in [2.45, 2.75) is 39.9 Å². The van der Waals surface area contributed by atoms with E-state index in [4.69, 9.17) is 23.4 Å². The van der Waals surface area contributed by atoms with Crippen LogP contribution in [0.2, 0.25) is 0 Å². The molecule has 0 unspecified atom stereocenters. The summed E-state index contributed by atoms with van der Waals surface area (Å²) in [4.78, 5) is 7.00. The minimum absolute atomic E-state index is 0.0694. The van der Waals surface area contributed by atoms with Crippen LogP contribution in [0.4, 0.5) is 11.5 Å². The first kappa shape index (κ1) is 32.3. The fourth-order valence-corrected chi connectivity index (χ4v) is 10.6. The van der Waals surface area contributed by atoms with Crippen molar-refractivity contribution in [1.82, 2.24) is 18.6 Å². The van der Waals surface area contributed by atoms with E-state index in [0.717, 1.165) is 38.9 Å². The zero-order valence-electron chi connectivity index (χ0n) is 47.1. The second-order valence-corrected chi connectivity index (χ2v) is 18.9. The van der Waals surface area contributed by atoms with Gasteiger partial charge in [-0.2, -0.15) is 12.1 Å². The molecular formula is C60H46BN5OPt-2. The van der Waals surface area contributed by atoms with Gasteiger partial charge in [-0.05, 0) is 11.4 Å². The van der Waals surface area contributed by atoms with Gasteiger partial charge < -0.3 is 0 Å². The van der Waals surface area contributed by atoms with Gasteiger partial charge in [0.25, 0.3) is 0 Å². The van der Waals surface area contributed by atoms with Crippen molar-refractivity contribution in [3.63, 3.8) is 0 Å². The van der Waals surface area contributed by atoms with E-state index >= 15 is 0 Å². The molecule has 4 heterocycles. The summed E-state index contributed by atoms with van der Waals surface area (Å²) in [6.45, 7) is 0.718. The Kier molecular flexibility index (Phi) is 7.78. The molecule has 0 bridgehead atoms. The Balaban J connectivity index is 1.03. The molecule has 0 N–H and O–H groups in total. The number of aryl methyl sites for hydroxylation is 2. The molecule has 68 heavy (non-hydrogen) atoms. The first-order chi connectivity index (χ1) is 37.2. The number of ether oxygens (including phenoxy) is 1. The van der Waals surface area contributed by atoms with E-state index in [1.54, 1.807) is 42.5 Å². The van der Waals surface area contributed by atoms with Gasteiger partial charge in [-0.1, -0.05) is 48.5 Å². The number of aromatic nitrogens is 4. The van der Waals surface area contributed by atoms with Crippen LogP contribution in [-0.4, -0.2) is 25.6 Å². The Bertz CT molecular complexity index is 4280. The van der Waals surface area contributed by atoms with Crippen molar-refractivity contribution < 1.29 is 37.8 Å². The Morgan fingerprint density at radius 2 is 1.40 bits per heavy atom. The molecular weight excluding hydrogens is 1010 g/mol. The van der Waals surface area contributed by atoms with Crippen molar-refractivity contribution in [3.8, 4) is 45.3 Å². The van der Waals surface area contributed by atoms with Gasteiger partial charge in [0.05, 0.1) is 5.48 Å². The van der Waals surface area contributed by atoms with E-state index in [9.17, 15) is 0 Å². The number of pyridine rings is 1. The second-order valence-electron chi connectivity index (χ2n) is 17.9. The number of hydrogen-bond donors (Lipinski definition) is 0. The van der Waals surface area contributed by atoms with Crippen LogP contribution in [0.25, 0.3) is 66.5 Å². The fraction of sp³-hybridized carbons (Fsp3) is 0.100. The van der Waals surface area contributed by atoms with Crippen molar-refractivity contribution in [2.75, 3.05) is 4.81 Å². The molecule has 0 saturated heterocycles. The average molecular weight is 1070 g/mol. The summed E-state index contributed by atoms with van der Waals surface area (Å²) in [5.41, 5.74) is 9.33. The summed E-state index contributed by atoms with van der Waals surface area (Å²) in [5, 5.41) is 1.05. The predicted octanol–water partition coefficient (Wildman–Crippen LogP) is 14.0. The van der Waals surface area contributed by atoms with Crippen LogP contribution >= 0.6 is 0 Å². The molecule has 0 radical (unpaired) electrons. The Labute approximate surface area is 421 Å². The zero-order chi connectivity index (χ0) is 54.7. The number of rotatable bonds is 8. The van der Waals surface area contributed by atoms with E-state index in [1.807, 2.05) is 117 Å². The van der Waals surface area contributed by atoms with Crippen molar-refractivity contribution >= 4 is 56.8 Å². The van der Waals surface area contributed by atoms with Crippen LogP contribution in [-0.2, 0) is 24.8 Å². The van der Waals surface area contributed by atoms with Crippen LogP contribution in [0.15, 0.2) is 188 Å². The molecule has 0 spiro atoms. The van der Waals surface area contributed by atoms with Gasteiger partial charge in [-0.15, -0.1) is 5.39 Å². The third-order valence-corrected chi connectivity index (χ3v) is 13.7. The molecule has 332 valence electrons. The van der Waals surface area contributed by atoms with Gasteiger partial charge in [0.2, 0.25) is 0 Å². The Morgan fingerprint density at radius 3 is 2.13 bits per heavy atom. The molecule has 6 nitrogen and oxygen atoms in total. The first-order valence-electron chi connectivity index (χ1n) is 27.2. The maximum atomic E-state index is 9.15. The van der Waals surface area contributed by atoms with E-state index in [0.29, 0.717) is 53.9 Å². The zero-order valence-corrected chi connectivity index (χ0v) is 39.4. The molecule has 3 aromatic heterocycles. The van der Waals surface area contributed by atoms with Gasteiger partial charge in [0.1, 0.15) is 0 Å². The molecule has 12 rings (SSSR count). The van der Waals surface area contributed by atoms with Crippen LogP contribution in [0.5, 0.6) is 11.6 Å². The third-order valence-electron chi connectivity index (χ3n) is 12.7. The summed E-state index contributed by atoms with van der Waals surface area (Å²) < 4.78 is 101. The molecule has 0 aliphatic carbocycles. The average Bonchev–Trinajstić information content (AvgIpc) is 3.80. The molecule has 11 aromatic rings. The molecule has 0 atom stereocenters. The Morgan fingerprint density at radius 1 is 0.691 bits per heavy atom. The van der Waals surface area contributed by atoms with Crippen molar-refractivity contribution in [2.24, 2.45) is 0 Å². The quantitative estimate of drug-likeness (QED) is 0.112. The maximum absolute atomic E-state index is 9.15. The number of benzene rings is 8. The summed E-state index contributed by atoms with van der Waals surface area (Å²) in [7, 11) is 0. The molecule has 8 aromatic carbocycles. The number of para-hydroxylation sites is 3. The number of anilines is 2. The number of imidazole rings is 1. The number of fused-ring (bicyclic) bond motifs is 4. The molecule has 0 amide bonds. The molecule has 0 saturated carbocycles. The number of hydrogen-bond acceptors (Lipinski definition) is 3. The van der Waals surface area contributed by atoms with Gasteiger partial charge >= 0.3 is 335 Å². The van der Waals surface area contributed by atoms with Gasteiger partial charge in [-0.25, -0.2) is 0 Å². The van der Waals surface area contributed by atoms with E-state index in [-0.39, 0.29) is 52.3 Å². The Hall–Kier alpha value is -7.47. The van der Waals surface area contributed by atoms with E-state index in [2.05, 4.69) is 69.0 Å². The third kappa shape index (κ3) is 6.90. The molecule has 1 aliphatic rings. The van der Waals surface area contributed by atoms with E-state index in [1.165, 1.54) is 6.07 Å².